The lowest BCUT2D eigenvalue weighted by Crippen LogP contribution is -2.39. The van der Waals surface area contributed by atoms with Crippen molar-refractivity contribution >= 4 is 5.96 Å². The largest absolute Gasteiger partial charge is 0.476 e. The quantitative estimate of drug-likeness (QED) is 0.430. The second kappa shape index (κ2) is 9.88. The Morgan fingerprint density at radius 2 is 2.04 bits per heavy atom. The molecule has 0 spiro atoms. The van der Waals surface area contributed by atoms with Gasteiger partial charge in [-0.15, -0.1) is 0 Å². The fourth-order valence-corrected chi connectivity index (χ4v) is 1.55. The van der Waals surface area contributed by atoms with Crippen molar-refractivity contribution in [2.24, 2.45) is 4.99 Å². The minimum Gasteiger partial charge on any atom is -0.476 e. The second-order valence-corrected chi connectivity index (χ2v) is 4.41. The Bertz CT molecular complexity index is 478. The first-order valence-electron chi connectivity index (χ1n) is 7.14. The molecule has 0 bridgehead atoms. The first-order chi connectivity index (χ1) is 11.0. The molecule has 0 aliphatic rings. The van der Waals surface area contributed by atoms with Crippen molar-refractivity contribution in [1.29, 1.82) is 0 Å². The third-order valence-electron chi connectivity index (χ3n) is 2.62. The number of aliphatic imine (C=N–C) groups is 1. The van der Waals surface area contributed by atoms with Gasteiger partial charge in [0, 0.05) is 25.9 Å². The summed E-state index contributed by atoms with van der Waals surface area (Å²) in [5.41, 5.74) is -0.803. The highest BCUT2D eigenvalue weighted by molar-refractivity contribution is 5.79. The normalized spacial score (nSPS) is 12.1. The van der Waals surface area contributed by atoms with E-state index in [2.05, 4.69) is 20.6 Å². The van der Waals surface area contributed by atoms with E-state index in [1.165, 1.54) is 6.07 Å². The molecule has 0 radical (unpaired) electrons. The minimum absolute atomic E-state index is 0.140. The zero-order chi connectivity index (χ0) is 17.1. The van der Waals surface area contributed by atoms with Crippen molar-refractivity contribution in [2.45, 2.75) is 13.1 Å². The molecule has 0 unspecified atom stereocenters. The molecular formula is C14H21F3N4O2. The van der Waals surface area contributed by atoms with Crippen LogP contribution in [0.25, 0.3) is 0 Å². The summed E-state index contributed by atoms with van der Waals surface area (Å²) >= 11 is 0. The van der Waals surface area contributed by atoms with E-state index in [4.69, 9.17) is 9.47 Å². The van der Waals surface area contributed by atoms with Gasteiger partial charge < -0.3 is 20.1 Å². The molecule has 0 saturated heterocycles. The number of nitrogens with zero attached hydrogens (tertiary/aromatic N) is 2. The lowest BCUT2D eigenvalue weighted by Gasteiger charge is -2.12. The van der Waals surface area contributed by atoms with Gasteiger partial charge in [0.2, 0.25) is 5.88 Å². The van der Waals surface area contributed by atoms with E-state index < -0.39 is 11.7 Å². The molecule has 0 amide bonds. The van der Waals surface area contributed by atoms with Crippen LogP contribution in [0.4, 0.5) is 13.2 Å². The molecule has 1 aromatic rings. The average molecular weight is 334 g/mol. The molecular weight excluding hydrogens is 313 g/mol. The Morgan fingerprint density at radius 3 is 2.61 bits per heavy atom. The maximum absolute atomic E-state index is 12.4. The van der Waals surface area contributed by atoms with E-state index >= 15 is 0 Å². The van der Waals surface area contributed by atoms with Crippen LogP contribution in [0.15, 0.2) is 23.3 Å². The fourth-order valence-electron chi connectivity index (χ4n) is 1.55. The maximum Gasteiger partial charge on any atom is 0.417 e. The first-order valence-corrected chi connectivity index (χ1v) is 7.14. The predicted octanol–water partition coefficient (Wildman–Crippen LogP) is 1.68. The van der Waals surface area contributed by atoms with Crippen LogP contribution < -0.4 is 15.4 Å². The van der Waals surface area contributed by atoms with Crippen LogP contribution >= 0.6 is 0 Å². The number of hydrogen-bond acceptors (Lipinski definition) is 4. The van der Waals surface area contributed by atoms with Crippen LogP contribution in [0.3, 0.4) is 0 Å². The molecule has 23 heavy (non-hydrogen) atoms. The lowest BCUT2D eigenvalue weighted by atomic mass is 10.3. The van der Waals surface area contributed by atoms with Crippen molar-refractivity contribution in [3.05, 3.63) is 23.9 Å². The molecule has 1 aromatic heterocycles. The molecule has 0 aliphatic heterocycles. The van der Waals surface area contributed by atoms with Crippen molar-refractivity contribution in [1.82, 2.24) is 15.6 Å². The summed E-state index contributed by atoms with van der Waals surface area (Å²) in [6.07, 6.45) is -3.65. The molecule has 1 heterocycles. The molecule has 0 aliphatic carbocycles. The zero-order valence-corrected chi connectivity index (χ0v) is 13.1. The van der Waals surface area contributed by atoms with Gasteiger partial charge in [-0.25, -0.2) is 4.98 Å². The van der Waals surface area contributed by atoms with Crippen LogP contribution in [-0.4, -0.2) is 50.9 Å². The van der Waals surface area contributed by atoms with Gasteiger partial charge in [0.05, 0.1) is 25.3 Å². The Hall–Kier alpha value is -2.03. The van der Waals surface area contributed by atoms with Crippen molar-refractivity contribution < 1.29 is 22.6 Å². The number of halogens is 3. The summed E-state index contributed by atoms with van der Waals surface area (Å²) in [6.45, 7) is 4.36. The average Bonchev–Trinajstić information content (AvgIpc) is 2.51. The van der Waals surface area contributed by atoms with Gasteiger partial charge in [0.15, 0.2) is 5.96 Å². The van der Waals surface area contributed by atoms with Gasteiger partial charge in [-0.1, -0.05) is 0 Å². The maximum atomic E-state index is 12.4. The topological polar surface area (TPSA) is 67.8 Å². The highest BCUT2D eigenvalue weighted by Gasteiger charge is 2.30. The Labute approximate surface area is 133 Å². The summed E-state index contributed by atoms with van der Waals surface area (Å²) in [5.74, 6) is 0.759. The van der Waals surface area contributed by atoms with E-state index in [1.54, 1.807) is 7.11 Å². The molecule has 2 N–H and O–H groups in total. The van der Waals surface area contributed by atoms with Gasteiger partial charge in [-0.3, -0.25) is 4.99 Å². The van der Waals surface area contributed by atoms with E-state index in [-0.39, 0.29) is 12.5 Å². The zero-order valence-electron chi connectivity index (χ0n) is 13.1. The minimum atomic E-state index is -4.40. The predicted molar refractivity (Wildman–Crippen MR) is 80.6 cm³/mol. The summed E-state index contributed by atoms with van der Waals surface area (Å²) in [7, 11) is 1.60. The smallest absolute Gasteiger partial charge is 0.417 e. The highest BCUT2D eigenvalue weighted by atomic mass is 19.4. The number of methoxy groups -OCH3 is 1. The summed E-state index contributed by atoms with van der Waals surface area (Å²) < 4.78 is 47.4. The standard InChI is InChI=1S/C14H21F3N4O2/c1-3-18-13(19-6-8-22-2)20-7-9-23-12-5-4-11(10-21-12)14(15,16)17/h4-5,10H,3,6-9H2,1-2H3,(H2,18,19,20). The number of nitrogens with one attached hydrogen (secondary N) is 2. The monoisotopic (exact) mass is 334 g/mol. The van der Waals surface area contributed by atoms with Crippen LogP contribution in [0, 0.1) is 0 Å². The van der Waals surface area contributed by atoms with Crippen molar-refractivity contribution in [3.8, 4) is 5.88 Å². The number of rotatable bonds is 8. The number of ether oxygens (including phenoxy) is 2. The van der Waals surface area contributed by atoms with Crippen molar-refractivity contribution in [2.75, 3.05) is 40.0 Å². The second-order valence-electron chi connectivity index (χ2n) is 4.41. The number of pyridine rings is 1. The number of guanidine groups is 1. The SMILES string of the molecule is CCNC(=NCCOC)NCCOc1ccc(C(F)(F)F)cn1. The van der Waals surface area contributed by atoms with E-state index in [0.717, 1.165) is 12.3 Å². The van der Waals surface area contributed by atoms with Gasteiger partial charge in [0.25, 0.3) is 0 Å². The van der Waals surface area contributed by atoms with Crippen LogP contribution in [0.1, 0.15) is 12.5 Å². The Kier molecular flexibility index (Phi) is 8.17. The fraction of sp³-hybridized carbons (Fsp3) is 0.571. The first kappa shape index (κ1) is 19.0. The molecule has 0 atom stereocenters. The number of alkyl halides is 3. The summed E-state index contributed by atoms with van der Waals surface area (Å²) in [6, 6.07) is 2.13. The highest BCUT2D eigenvalue weighted by Crippen LogP contribution is 2.29. The number of hydrogen-bond donors (Lipinski definition) is 2. The summed E-state index contributed by atoms with van der Waals surface area (Å²) in [5, 5.41) is 6.09. The lowest BCUT2D eigenvalue weighted by molar-refractivity contribution is -0.137. The molecule has 9 heteroatoms. The third kappa shape index (κ3) is 7.68. The molecule has 130 valence electrons. The van der Waals surface area contributed by atoms with E-state index in [9.17, 15) is 13.2 Å². The molecule has 1 rings (SSSR count). The van der Waals surface area contributed by atoms with E-state index in [0.29, 0.717) is 32.2 Å². The van der Waals surface area contributed by atoms with Crippen molar-refractivity contribution in [3.63, 3.8) is 0 Å². The van der Waals surface area contributed by atoms with Crippen LogP contribution in [-0.2, 0) is 10.9 Å². The Morgan fingerprint density at radius 1 is 1.26 bits per heavy atom. The summed E-state index contributed by atoms with van der Waals surface area (Å²) in [4.78, 5) is 7.89. The van der Waals surface area contributed by atoms with Crippen LogP contribution in [0.5, 0.6) is 5.88 Å². The van der Waals surface area contributed by atoms with Gasteiger partial charge in [0.1, 0.15) is 6.61 Å². The molecule has 0 saturated carbocycles. The van der Waals surface area contributed by atoms with Gasteiger partial charge >= 0.3 is 6.18 Å². The Balaban J connectivity index is 2.36. The third-order valence-corrected chi connectivity index (χ3v) is 2.62. The molecule has 6 nitrogen and oxygen atoms in total. The number of aromatic nitrogens is 1. The van der Waals surface area contributed by atoms with Crippen LogP contribution in [0.2, 0.25) is 0 Å². The molecule has 0 fully saturated rings. The molecule has 0 aromatic carbocycles. The van der Waals surface area contributed by atoms with Gasteiger partial charge in [-0.2, -0.15) is 13.2 Å². The van der Waals surface area contributed by atoms with Gasteiger partial charge in [-0.05, 0) is 13.0 Å². The van der Waals surface area contributed by atoms with E-state index in [1.807, 2.05) is 6.92 Å².